The number of anilines is 1. The Balaban J connectivity index is 1.86. The molecule has 6 heteroatoms. The number of para-hydroxylation sites is 2. The molecule has 3 rings (SSSR count). The van der Waals surface area contributed by atoms with E-state index >= 15 is 0 Å². The van der Waals surface area contributed by atoms with Crippen LogP contribution in [0.1, 0.15) is 12.5 Å². The van der Waals surface area contributed by atoms with E-state index in [0.717, 1.165) is 17.0 Å². The number of nitrogens with one attached hydrogen (secondary N) is 2. The highest BCUT2D eigenvalue weighted by molar-refractivity contribution is 5.99. The number of nitrogens with zero attached hydrogens (tertiary/aromatic N) is 2. The highest BCUT2D eigenvalue weighted by atomic mass is 16.5. The van der Waals surface area contributed by atoms with Gasteiger partial charge in [0.25, 0.3) is 5.56 Å². The number of ether oxygens (including phenoxy) is 1. The number of hydrogen-bond acceptors (Lipinski definition) is 5. The third kappa shape index (κ3) is 3.21. The first kappa shape index (κ1) is 14.8. The summed E-state index contributed by atoms with van der Waals surface area (Å²) in [5.41, 5.74) is 5.48. The fraction of sp³-hybridized carbons (Fsp3) is 0.118. The molecule has 0 saturated heterocycles. The summed E-state index contributed by atoms with van der Waals surface area (Å²) in [6.07, 6.45) is 0. The van der Waals surface area contributed by atoms with Crippen molar-refractivity contribution in [3.8, 4) is 5.75 Å². The number of hydrogen-bond donors (Lipinski definition) is 2. The molecule has 0 bridgehead atoms. The Bertz CT molecular complexity index is 914. The van der Waals surface area contributed by atoms with E-state index in [-0.39, 0.29) is 11.4 Å². The summed E-state index contributed by atoms with van der Waals surface area (Å²) in [6, 6.07) is 14.9. The molecule has 0 unspecified atom stereocenters. The van der Waals surface area contributed by atoms with Gasteiger partial charge in [0.05, 0.1) is 23.9 Å². The molecule has 0 atom stereocenters. The van der Waals surface area contributed by atoms with Crippen LogP contribution < -0.4 is 15.7 Å². The molecule has 1 aromatic heterocycles. The quantitative estimate of drug-likeness (QED) is 0.574. The van der Waals surface area contributed by atoms with Crippen LogP contribution in [0.4, 0.5) is 5.82 Å². The zero-order chi connectivity index (χ0) is 16.2. The van der Waals surface area contributed by atoms with Gasteiger partial charge in [0.2, 0.25) is 5.82 Å². The lowest BCUT2D eigenvalue weighted by molar-refractivity contribution is 0.415. The number of H-pyrrole nitrogens is 1. The summed E-state index contributed by atoms with van der Waals surface area (Å²) in [4.78, 5) is 19.1. The number of rotatable bonds is 4. The predicted molar refractivity (Wildman–Crippen MR) is 91.2 cm³/mol. The molecule has 3 aromatic rings. The van der Waals surface area contributed by atoms with E-state index in [1.165, 1.54) is 0 Å². The van der Waals surface area contributed by atoms with Crippen molar-refractivity contribution in [2.24, 2.45) is 5.10 Å². The van der Waals surface area contributed by atoms with E-state index in [9.17, 15) is 4.79 Å². The van der Waals surface area contributed by atoms with Crippen molar-refractivity contribution in [2.45, 2.75) is 6.92 Å². The lowest BCUT2D eigenvalue weighted by Gasteiger charge is -2.05. The minimum absolute atomic E-state index is 0.163. The Kier molecular flexibility index (Phi) is 4.05. The molecule has 2 N–H and O–H groups in total. The van der Waals surface area contributed by atoms with E-state index in [1.54, 1.807) is 13.2 Å². The van der Waals surface area contributed by atoms with Gasteiger partial charge in [-0.15, -0.1) is 0 Å². The summed E-state index contributed by atoms with van der Waals surface area (Å²) in [5.74, 6) is 0.943. The molecule has 0 spiro atoms. The maximum absolute atomic E-state index is 12.0. The number of fused-ring (bicyclic) bond motifs is 1. The zero-order valence-corrected chi connectivity index (χ0v) is 12.8. The molecule has 0 radical (unpaired) electrons. The monoisotopic (exact) mass is 308 g/mol. The Morgan fingerprint density at radius 1 is 1.17 bits per heavy atom. The zero-order valence-electron chi connectivity index (χ0n) is 12.8. The van der Waals surface area contributed by atoms with Gasteiger partial charge in [-0.3, -0.25) is 10.2 Å². The van der Waals surface area contributed by atoms with Crippen LogP contribution in [-0.4, -0.2) is 22.8 Å². The highest BCUT2D eigenvalue weighted by Crippen LogP contribution is 2.12. The van der Waals surface area contributed by atoms with Crippen molar-refractivity contribution in [1.29, 1.82) is 0 Å². The van der Waals surface area contributed by atoms with Crippen molar-refractivity contribution >= 4 is 22.6 Å². The van der Waals surface area contributed by atoms with Crippen molar-refractivity contribution in [1.82, 2.24) is 9.97 Å². The first-order valence-corrected chi connectivity index (χ1v) is 7.11. The molecule has 0 amide bonds. The number of hydrazone groups is 1. The predicted octanol–water partition coefficient (Wildman–Crippen LogP) is 2.77. The first-order chi connectivity index (χ1) is 11.2. The van der Waals surface area contributed by atoms with Crippen LogP contribution in [0, 0.1) is 0 Å². The van der Waals surface area contributed by atoms with Gasteiger partial charge in [-0.25, -0.2) is 4.98 Å². The van der Waals surface area contributed by atoms with Crippen LogP contribution in [0.15, 0.2) is 58.4 Å². The molecule has 0 fully saturated rings. The van der Waals surface area contributed by atoms with Gasteiger partial charge in [-0.05, 0) is 48.9 Å². The van der Waals surface area contributed by atoms with Crippen LogP contribution in [0.25, 0.3) is 11.0 Å². The molecule has 2 aromatic carbocycles. The minimum atomic E-state index is -0.310. The SMILES string of the molecule is COc1ccc(/C(C)=N/Nc2nc3ccccc3[nH]c2=O)cc1. The second-order valence-electron chi connectivity index (χ2n) is 4.97. The molecule has 23 heavy (non-hydrogen) atoms. The van der Waals surface area contributed by atoms with E-state index in [2.05, 4.69) is 20.5 Å². The van der Waals surface area contributed by atoms with Gasteiger partial charge < -0.3 is 9.72 Å². The highest BCUT2D eigenvalue weighted by Gasteiger charge is 2.04. The average molecular weight is 308 g/mol. The van der Waals surface area contributed by atoms with Gasteiger partial charge in [0.15, 0.2) is 0 Å². The number of benzene rings is 2. The molecule has 6 nitrogen and oxygen atoms in total. The largest absolute Gasteiger partial charge is 0.497 e. The molecule has 0 aliphatic heterocycles. The fourth-order valence-corrected chi connectivity index (χ4v) is 2.14. The van der Waals surface area contributed by atoms with Gasteiger partial charge in [0.1, 0.15) is 5.75 Å². The van der Waals surface area contributed by atoms with E-state index < -0.39 is 0 Å². The van der Waals surface area contributed by atoms with Gasteiger partial charge in [-0.1, -0.05) is 12.1 Å². The maximum atomic E-state index is 12.0. The van der Waals surface area contributed by atoms with Crippen LogP contribution >= 0.6 is 0 Å². The van der Waals surface area contributed by atoms with E-state index in [4.69, 9.17) is 4.74 Å². The van der Waals surface area contributed by atoms with E-state index in [0.29, 0.717) is 11.0 Å². The number of methoxy groups -OCH3 is 1. The number of aromatic nitrogens is 2. The number of aromatic amines is 1. The lowest BCUT2D eigenvalue weighted by Crippen LogP contribution is -2.14. The second-order valence-corrected chi connectivity index (χ2v) is 4.97. The van der Waals surface area contributed by atoms with Crippen LogP contribution in [0.3, 0.4) is 0 Å². The van der Waals surface area contributed by atoms with Crippen molar-refractivity contribution in [3.05, 3.63) is 64.4 Å². The average Bonchev–Trinajstić information content (AvgIpc) is 2.59. The Morgan fingerprint density at radius 3 is 2.65 bits per heavy atom. The first-order valence-electron chi connectivity index (χ1n) is 7.11. The van der Waals surface area contributed by atoms with Crippen molar-refractivity contribution in [3.63, 3.8) is 0 Å². The topological polar surface area (TPSA) is 79.4 Å². The van der Waals surface area contributed by atoms with Crippen molar-refractivity contribution < 1.29 is 4.74 Å². The van der Waals surface area contributed by atoms with Gasteiger partial charge in [0, 0.05) is 0 Å². The molecule has 116 valence electrons. The summed E-state index contributed by atoms with van der Waals surface area (Å²) in [5, 5.41) is 4.23. The molecule has 0 aliphatic rings. The molecule has 0 aliphatic carbocycles. The van der Waals surface area contributed by atoms with Crippen molar-refractivity contribution in [2.75, 3.05) is 12.5 Å². The Morgan fingerprint density at radius 2 is 1.91 bits per heavy atom. The van der Waals surface area contributed by atoms with Gasteiger partial charge >= 0.3 is 0 Å². The minimum Gasteiger partial charge on any atom is -0.497 e. The van der Waals surface area contributed by atoms with Crippen LogP contribution in [-0.2, 0) is 0 Å². The normalized spacial score (nSPS) is 11.5. The van der Waals surface area contributed by atoms with E-state index in [1.807, 2.05) is 49.4 Å². The third-order valence-electron chi connectivity index (χ3n) is 3.44. The molecular formula is C17H16N4O2. The molecular weight excluding hydrogens is 292 g/mol. The molecule has 0 saturated carbocycles. The maximum Gasteiger partial charge on any atom is 0.293 e. The van der Waals surface area contributed by atoms with Crippen LogP contribution in [0.5, 0.6) is 5.75 Å². The second kappa shape index (κ2) is 6.31. The standard InChI is InChI=1S/C17H16N4O2/c1-11(12-7-9-13(23-2)10-8-12)20-21-16-17(22)19-15-6-4-3-5-14(15)18-16/h3-10H,1-2H3,(H,18,21)(H,19,22)/b20-11+. The van der Waals surface area contributed by atoms with Crippen LogP contribution in [0.2, 0.25) is 0 Å². The lowest BCUT2D eigenvalue weighted by atomic mass is 10.1. The Labute approximate surface area is 132 Å². The third-order valence-corrected chi connectivity index (χ3v) is 3.44. The summed E-state index contributed by atoms with van der Waals surface area (Å²) in [6.45, 7) is 1.85. The summed E-state index contributed by atoms with van der Waals surface area (Å²) in [7, 11) is 1.62. The van der Waals surface area contributed by atoms with Gasteiger partial charge in [-0.2, -0.15) is 5.10 Å². The fourth-order valence-electron chi connectivity index (χ4n) is 2.14. The summed E-state index contributed by atoms with van der Waals surface area (Å²) < 4.78 is 5.12. The Hall–Kier alpha value is -3.15. The summed E-state index contributed by atoms with van der Waals surface area (Å²) >= 11 is 0. The molecule has 1 heterocycles. The smallest absolute Gasteiger partial charge is 0.293 e.